The number of nitrogens with zero attached hydrogens (tertiary/aromatic N) is 6. The second-order valence-corrected chi connectivity index (χ2v) is 6.36. The van der Waals surface area contributed by atoms with Gasteiger partial charge in [-0.2, -0.15) is 10.1 Å². The molecule has 9 heteroatoms. The van der Waals surface area contributed by atoms with Crippen LogP contribution in [-0.4, -0.2) is 42.6 Å². The number of anilines is 2. The Kier molecular flexibility index (Phi) is 5.25. The molecule has 4 rings (SSSR count). The van der Waals surface area contributed by atoms with E-state index in [-0.39, 0.29) is 17.9 Å². The predicted molar refractivity (Wildman–Crippen MR) is 110 cm³/mol. The standard InChI is InChI=1S/C21H20N6O3/c1-3-26-14-16(20(29)30-4-2)18(24-26)19(28)27(15-8-6-5-7-9-15)17-10-12-25-13-11-22-21(25)23-17/h5-14H,3-4H2,1-2H3. The monoisotopic (exact) mass is 404 g/mol. The maximum Gasteiger partial charge on any atom is 0.342 e. The summed E-state index contributed by atoms with van der Waals surface area (Å²) in [5.74, 6) is -0.262. The van der Waals surface area contributed by atoms with Gasteiger partial charge < -0.3 is 4.74 Å². The minimum Gasteiger partial charge on any atom is -0.462 e. The maximum atomic E-state index is 13.7. The SMILES string of the molecule is CCOC(=O)c1cn(CC)nc1C(=O)N(c1ccccc1)c1ccn2ccnc2n1. The van der Waals surface area contributed by atoms with Crippen molar-refractivity contribution in [3.8, 4) is 0 Å². The number of amides is 1. The van der Waals surface area contributed by atoms with E-state index in [0.29, 0.717) is 23.8 Å². The number of benzene rings is 1. The highest BCUT2D eigenvalue weighted by Gasteiger charge is 2.29. The van der Waals surface area contributed by atoms with Crippen LogP contribution in [0.5, 0.6) is 0 Å². The molecule has 9 nitrogen and oxygen atoms in total. The molecule has 152 valence electrons. The molecular formula is C21H20N6O3. The van der Waals surface area contributed by atoms with Crippen molar-refractivity contribution < 1.29 is 14.3 Å². The summed E-state index contributed by atoms with van der Waals surface area (Å²) in [5.41, 5.74) is 0.711. The average Bonchev–Trinajstić information content (AvgIpc) is 3.41. The number of aryl methyl sites for hydroxylation is 1. The molecule has 3 aromatic heterocycles. The highest BCUT2D eigenvalue weighted by Crippen LogP contribution is 2.27. The minimum atomic E-state index is -0.592. The van der Waals surface area contributed by atoms with E-state index in [1.54, 1.807) is 48.1 Å². The number of imidazole rings is 1. The minimum absolute atomic E-state index is 0.00386. The van der Waals surface area contributed by atoms with Gasteiger partial charge in [-0.25, -0.2) is 9.78 Å². The van der Waals surface area contributed by atoms with Gasteiger partial charge in [0.15, 0.2) is 5.69 Å². The topological polar surface area (TPSA) is 94.6 Å². The van der Waals surface area contributed by atoms with Gasteiger partial charge in [-0.05, 0) is 32.0 Å². The molecule has 0 saturated carbocycles. The molecule has 0 unspecified atom stereocenters. The molecular weight excluding hydrogens is 384 g/mol. The third-order valence-corrected chi connectivity index (χ3v) is 4.48. The third-order valence-electron chi connectivity index (χ3n) is 4.48. The number of aromatic nitrogens is 5. The quantitative estimate of drug-likeness (QED) is 0.458. The van der Waals surface area contributed by atoms with Crippen molar-refractivity contribution in [2.45, 2.75) is 20.4 Å². The van der Waals surface area contributed by atoms with Gasteiger partial charge in [-0.3, -0.25) is 18.8 Å². The van der Waals surface area contributed by atoms with Gasteiger partial charge in [0.2, 0.25) is 5.78 Å². The van der Waals surface area contributed by atoms with Crippen LogP contribution >= 0.6 is 0 Å². The largest absolute Gasteiger partial charge is 0.462 e. The lowest BCUT2D eigenvalue weighted by atomic mass is 10.2. The highest BCUT2D eigenvalue weighted by molar-refractivity contribution is 6.14. The van der Waals surface area contributed by atoms with Crippen LogP contribution in [0.4, 0.5) is 11.5 Å². The zero-order chi connectivity index (χ0) is 21.1. The van der Waals surface area contributed by atoms with E-state index < -0.39 is 11.9 Å². The molecule has 30 heavy (non-hydrogen) atoms. The molecule has 0 aliphatic carbocycles. The normalized spacial score (nSPS) is 10.9. The summed E-state index contributed by atoms with van der Waals surface area (Å²) in [6.45, 7) is 4.29. The summed E-state index contributed by atoms with van der Waals surface area (Å²) >= 11 is 0. The van der Waals surface area contributed by atoms with Gasteiger partial charge in [0.1, 0.15) is 11.4 Å². The van der Waals surface area contributed by atoms with Gasteiger partial charge in [-0.1, -0.05) is 18.2 Å². The Bertz CT molecular complexity index is 1200. The Balaban J connectivity index is 1.85. The summed E-state index contributed by atoms with van der Waals surface area (Å²) in [6, 6.07) is 10.8. The number of fused-ring (bicyclic) bond motifs is 1. The van der Waals surface area contributed by atoms with Crippen molar-refractivity contribution in [3.05, 3.63) is 72.4 Å². The molecule has 4 aromatic rings. The zero-order valence-electron chi connectivity index (χ0n) is 16.6. The van der Waals surface area contributed by atoms with Gasteiger partial charge in [0, 0.05) is 31.3 Å². The van der Waals surface area contributed by atoms with Gasteiger partial charge in [0.05, 0.1) is 12.3 Å². The molecule has 0 bridgehead atoms. The van der Waals surface area contributed by atoms with E-state index in [4.69, 9.17) is 4.74 Å². The molecule has 3 heterocycles. The number of ether oxygens (including phenoxy) is 1. The Hall–Kier alpha value is -4.01. The average molecular weight is 404 g/mol. The van der Waals surface area contributed by atoms with Crippen LogP contribution in [-0.2, 0) is 11.3 Å². The number of hydrogen-bond donors (Lipinski definition) is 0. The first-order chi connectivity index (χ1) is 14.6. The van der Waals surface area contributed by atoms with E-state index >= 15 is 0 Å². The Morgan fingerprint density at radius 2 is 1.90 bits per heavy atom. The van der Waals surface area contributed by atoms with Crippen LogP contribution in [0, 0.1) is 0 Å². The second-order valence-electron chi connectivity index (χ2n) is 6.36. The van der Waals surface area contributed by atoms with Crippen molar-refractivity contribution in [1.29, 1.82) is 0 Å². The zero-order valence-corrected chi connectivity index (χ0v) is 16.6. The number of rotatable bonds is 6. The summed E-state index contributed by atoms with van der Waals surface area (Å²) in [7, 11) is 0. The van der Waals surface area contributed by atoms with Crippen molar-refractivity contribution in [2.75, 3.05) is 11.5 Å². The maximum absolute atomic E-state index is 13.7. The number of hydrogen-bond acceptors (Lipinski definition) is 6. The predicted octanol–water partition coefficient (Wildman–Crippen LogP) is 3.10. The molecule has 0 saturated heterocycles. The van der Waals surface area contributed by atoms with Crippen LogP contribution in [0.25, 0.3) is 5.78 Å². The first kappa shape index (κ1) is 19.3. The number of para-hydroxylation sites is 1. The molecule has 0 radical (unpaired) electrons. The van der Waals surface area contributed by atoms with Crippen molar-refractivity contribution >= 4 is 29.2 Å². The third kappa shape index (κ3) is 3.52. The molecule has 1 aromatic carbocycles. The van der Waals surface area contributed by atoms with Crippen LogP contribution in [0.1, 0.15) is 34.7 Å². The summed E-state index contributed by atoms with van der Waals surface area (Å²) < 4.78 is 8.40. The lowest BCUT2D eigenvalue weighted by Crippen LogP contribution is -2.29. The second kappa shape index (κ2) is 8.16. The smallest absolute Gasteiger partial charge is 0.342 e. The molecule has 0 fully saturated rings. The molecule has 0 spiro atoms. The molecule has 0 aliphatic heterocycles. The van der Waals surface area contributed by atoms with Gasteiger partial charge in [-0.15, -0.1) is 0 Å². The Morgan fingerprint density at radius 3 is 2.63 bits per heavy atom. The lowest BCUT2D eigenvalue weighted by Gasteiger charge is -2.21. The molecule has 0 atom stereocenters. The summed E-state index contributed by atoms with van der Waals surface area (Å²) in [4.78, 5) is 36.2. The van der Waals surface area contributed by atoms with E-state index in [1.165, 1.54) is 15.8 Å². The van der Waals surface area contributed by atoms with E-state index in [0.717, 1.165) is 0 Å². The van der Waals surface area contributed by atoms with Crippen LogP contribution in [0.15, 0.2) is 61.2 Å². The first-order valence-corrected chi connectivity index (χ1v) is 9.56. The fraction of sp³-hybridized carbons (Fsp3) is 0.190. The van der Waals surface area contributed by atoms with Crippen LogP contribution in [0.3, 0.4) is 0 Å². The fourth-order valence-electron chi connectivity index (χ4n) is 3.06. The number of esters is 1. The first-order valence-electron chi connectivity index (χ1n) is 9.56. The van der Waals surface area contributed by atoms with Crippen LogP contribution < -0.4 is 4.90 Å². The summed E-state index contributed by atoms with van der Waals surface area (Å²) in [6.07, 6.45) is 6.69. The van der Waals surface area contributed by atoms with Crippen molar-refractivity contribution in [3.63, 3.8) is 0 Å². The van der Waals surface area contributed by atoms with Crippen LogP contribution in [0.2, 0.25) is 0 Å². The number of carbonyl (C=O) groups excluding carboxylic acids is 2. The lowest BCUT2D eigenvalue weighted by molar-refractivity contribution is 0.0523. The van der Waals surface area contributed by atoms with Crippen molar-refractivity contribution in [1.82, 2.24) is 24.1 Å². The van der Waals surface area contributed by atoms with E-state index in [2.05, 4.69) is 15.1 Å². The fourth-order valence-corrected chi connectivity index (χ4v) is 3.06. The number of carbonyl (C=O) groups is 2. The van der Waals surface area contributed by atoms with E-state index in [9.17, 15) is 9.59 Å². The molecule has 0 N–H and O–H groups in total. The Morgan fingerprint density at radius 1 is 1.10 bits per heavy atom. The van der Waals surface area contributed by atoms with E-state index in [1.807, 2.05) is 25.1 Å². The van der Waals surface area contributed by atoms with Gasteiger partial charge in [0.25, 0.3) is 5.91 Å². The van der Waals surface area contributed by atoms with Crippen molar-refractivity contribution in [2.24, 2.45) is 0 Å². The Labute approximate surface area is 172 Å². The van der Waals surface area contributed by atoms with Gasteiger partial charge >= 0.3 is 5.97 Å². The molecule has 0 aliphatic rings. The highest BCUT2D eigenvalue weighted by atomic mass is 16.5. The molecule has 1 amide bonds. The summed E-state index contributed by atoms with van der Waals surface area (Å²) in [5, 5.41) is 4.33.